The van der Waals surface area contributed by atoms with Crippen molar-refractivity contribution in [1.82, 2.24) is 5.32 Å². The molecule has 4 heteroatoms. The monoisotopic (exact) mass is 260 g/mol. The van der Waals surface area contributed by atoms with E-state index in [1.807, 2.05) is 47.8 Å². The maximum absolute atomic E-state index is 11.8. The first kappa shape index (κ1) is 12.8. The Morgan fingerprint density at radius 2 is 1.94 bits per heavy atom. The highest BCUT2D eigenvalue weighted by molar-refractivity contribution is 7.10. The first-order valence-corrected chi connectivity index (χ1v) is 6.71. The Morgan fingerprint density at radius 1 is 1.22 bits per heavy atom. The third kappa shape index (κ3) is 2.97. The molecule has 2 atom stereocenters. The molecular weight excluding hydrogens is 244 g/mol. The average molecular weight is 260 g/mol. The molecule has 0 saturated carbocycles. The van der Waals surface area contributed by atoms with Crippen LogP contribution in [0, 0.1) is 0 Å². The van der Waals surface area contributed by atoms with Crippen LogP contribution in [0.25, 0.3) is 0 Å². The van der Waals surface area contributed by atoms with Crippen LogP contribution in [-0.4, -0.2) is 11.9 Å². The minimum Gasteiger partial charge on any atom is -0.343 e. The van der Waals surface area contributed by atoms with E-state index in [1.165, 1.54) is 0 Å². The highest BCUT2D eigenvalue weighted by atomic mass is 32.1. The van der Waals surface area contributed by atoms with Crippen molar-refractivity contribution in [3.05, 3.63) is 58.3 Å². The van der Waals surface area contributed by atoms with Gasteiger partial charge in [0.2, 0.25) is 5.91 Å². The maximum Gasteiger partial charge on any atom is 0.237 e. The Morgan fingerprint density at radius 3 is 2.50 bits per heavy atom. The second-order valence-corrected chi connectivity index (χ2v) is 5.14. The van der Waals surface area contributed by atoms with Gasteiger partial charge in [0.1, 0.15) is 0 Å². The lowest BCUT2D eigenvalue weighted by molar-refractivity contribution is -0.122. The summed E-state index contributed by atoms with van der Waals surface area (Å²) in [6.45, 7) is 1.69. The number of nitrogens with two attached hydrogens (primary N) is 1. The van der Waals surface area contributed by atoms with Crippen LogP contribution in [0.1, 0.15) is 23.4 Å². The van der Waals surface area contributed by atoms with Gasteiger partial charge in [-0.1, -0.05) is 36.4 Å². The minimum atomic E-state index is -0.504. The molecule has 3 nitrogen and oxygen atoms in total. The molecule has 3 N–H and O–H groups in total. The number of hydrogen-bond acceptors (Lipinski definition) is 3. The summed E-state index contributed by atoms with van der Waals surface area (Å²) in [6.07, 6.45) is 0. The lowest BCUT2D eigenvalue weighted by atomic mass is 10.1. The van der Waals surface area contributed by atoms with Gasteiger partial charge in [-0.2, -0.15) is 0 Å². The Hall–Kier alpha value is -1.65. The molecule has 0 bridgehead atoms. The Kier molecular flexibility index (Phi) is 4.12. The molecule has 1 aromatic heterocycles. The average Bonchev–Trinajstić information content (AvgIpc) is 2.90. The fourth-order valence-electron chi connectivity index (χ4n) is 1.69. The van der Waals surface area contributed by atoms with Crippen molar-refractivity contribution in [2.45, 2.75) is 19.0 Å². The number of carbonyl (C=O) groups is 1. The van der Waals surface area contributed by atoms with E-state index >= 15 is 0 Å². The zero-order chi connectivity index (χ0) is 13.0. The maximum atomic E-state index is 11.8. The summed E-state index contributed by atoms with van der Waals surface area (Å²) in [5.41, 5.74) is 6.67. The van der Waals surface area contributed by atoms with Gasteiger partial charge < -0.3 is 11.1 Å². The molecule has 0 aliphatic carbocycles. The molecule has 0 spiro atoms. The molecule has 18 heavy (non-hydrogen) atoms. The second kappa shape index (κ2) is 5.80. The number of nitrogens with one attached hydrogen (secondary N) is 1. The van der Waals surface area contributed by atoms with Crippen LogP contribution < -0.4 is 11.1 Å². The Bertz CT molecular complexity index is 494. The zero-order valence-corrected chi connectivity index (χ0v) is 11.0. The van der Waals surface area contributed by atoms with E-state index in [-0.39, 0.29) is 11.9 Å². The van der Waals surface area contributed by atoms with Gasteiger partial charge in [-0.3, -0.25) is 4.79 Å². The molecule has 0 radical (unpaired) electrons. The molecule has 0 saturated heterocycles. The fraction of sp³-hybridized carbons (Fsp3) is 0.214. The number of rotatable bonds is 4. The Labute approximate surface area is 111 Å². The van der Waals surface area contributed by atoms with Crippen LogP contribution >= 0.6 is 11.3 Å². The smallest absolute Gasteiger partial charge is 0.237 e. The van der Waals surface area contributed by atoms with E-state index < -0.39 is 6.04 Å². The number of hydrogen-bond donors (Lipinski definition) is 2. The summed E-state index contributed by atoms with van der Waals surface area (Å²) in [5.74, 6) is -0.141. The van der Waals surface area contributed by atoms with Crippen LogP contribution in [-0.2, 0) is 4.79 Å². The molecule has 0 aliphatic rings. The summed E-state index contributed by atoms with van der Waals surface area (Å²) in [5, 5.41) is 4.98. The highest BCUT2D eigenvalue weighted by Gasteiger charge is 2.19. The van der Waals surface area contributed by atoms with E-state index in [0.29, 0.717) is 0 Å². The van der Waals surface area contributed by atoms with Crippen molar-refractivity contribution < 1.29 is 4.79 Å². The number of thiophene rings is 1. The number of carbonyl (C=O) groups excluding carboxylic acids is 1. The van der Waals surface area contributed by atoms with Gasteiger partial charge >= 0.3 is 0 Å². The van der Waals surface area contributed by atoms with Crippen molar-refractivity contribution in [1.29, 1.82) is 0 Å². The molecule has 0 fully saturated rings. The molecule has 2 aromatic rings. The van der Waals surface area contributed by atoms with Gasteiger partial charge in [0, 0.05) is 4.88 Å². The SMILES string of the molecule is C[C@H](N)C(=O)NC(c1ccccc1)c1cccs1. The first-order chi connectivity index (χ1) is 8.68. The molecule has 94 valence electrons. The summed E-state index contributed by atoms with van der Waals surface area (Å²) in [6, 6.07) is 13.3. The zero-order valence-electron chi connectivity index (χ0n) is 10.2. The van der Waals surface area contributed by atoms with E-state index in [1.54, 1.807) is 18.3 Å². The molecule has 1 heterocycles. The molecule has 1 amide bonds. The van der Waals surface area contributed by atoms with Gasteiger partial charge in [-0.15, -0.1) is 11.3 Å². The highest BCUT2D eigenvalue weighted by Crippen LogP contribution is 2.25. The largest absolute Gasteiger partial charge is 0.343 e. The quantitative estimate of drug-likeness (QED) is 0.886. The third-order valence-corrected chi connectivity index (χ3v) is 3.60. The number of benzene rings is 1. The third-order valence-electron chi connectivity index (χ3n) is 2.66. The van der Waals surface area contributed by atoms with E-state index in [0.717, 1.165) is 10.4 Å². The molecular formula is C14H16N2OS. The lowest BCUT2D eigenvalue weighted by Crippen LogP contribution is -2.40. The molecule has 0 aliphatic heterocycles. The van der Waals surface area contributed by atoms with E-state index in [2.05, 4.69) is 5.32 Å². The van der Waals surface area contributed by atoms with Crippen molar-refractivity contribution in [3.8, 4) is 0 Å². The lowest BCUT2D eigenvalue weighted by Gasteiger charge is -2.19. The van der Waals surface area contributed by atoms with Gasteiger partial charge in [-0.25, -0.2) is 0 Å². The van der Waals surface area contributed by atoms with Crippen molar-refractivity contribution in [2.75, 3.05) is 0 Å². The van der Waals surface area contributed by atoms with Crippen LogP contribution in [0.2, 0.25) is 0 Å². The Balaban J connectivity index is 2.27. The van der Waals surface area contributed by atoms with Crippen LogP contribution in [0.5, 0.6) is 0 Å². The van der Waals surface area contributed by atoms with Crippen LogP contribution in [0.3, 0.4) is 0 Å². The van der Waals surface area contributed by atoms with Gasteiger partial charge in [0.05, 0.1) is 12.1 Å². The van der Waals surface area contributed by atoms with Crippen molar-refractivity contribution in [3.63, 3.8) is 0 Å². The minimum absolute atomic E-state index is 0.121. The van der Waals surface area contributed by atoms with Gasteiger partial charge in [0.25, 0.3) is 0 Å². The molecule has 1 unspecified atom stereocenters. The second-order valence-electron chi connectivity index (χ2n) is 4.16. The molecule has 2 rings (SSSR count). The first-order valence-electron chi connectivity index (χ1n) is 5.83. The van der Waals surface area contributed by atoms with Crippen molar-refractivity contribution in [2.24, 2.45) is 5.73 Å². The van der Waals surface area contributed by atoms with Gasteiger partial charge in [-0.05, 0) is 23.9 Å². The predicted octanol–water partition coefficient (Wildman–Crippen LogP) is 2.30. The predicted molar refractivity (Wildman–Crippen MR) is 74.4 cm³/mol. The standard InChI is InChI=1S/C14H16N2OS/c1-10(15)14(17)16-13(12-8-5-9-18-12)11-6-3-2-4-7-11/h2-10,13H,15H2,1H3,(H,16,17)/t10-,13?/m0/s1. The fourth-order valence-corrected chi connectivity index (χ4v) is 2.50. The van der Waals surface area contributed by atoms with Crippen LogP contribution in [0.15, 0.2) is 47.8 Å². The summed E-state index contributed by atoms with van der Waals surface area (Å²) in [4.78, 5) is 12.9. The van der Waals surface area contributed by atoms with Crippen molar-refractivity contribution >= 4 is 17.2 Å². The van der Waals surface area contributed by atoms with E-state index in [9.17, 15) is 4.79 Å². The van der Waals surface area contributed by atoms with Gasteiger partial charge in [0.15, 0.2) is 0 Å². The summed E-state index contributed by atoms with van der Waals surface area (Å²) < 4.78 is 0. The summed E-state index contributed by atoms with van der Waals surface area (Å²) >= 11 is 1.62. The number of amides is 1. The normalized spacial score (nSPS) is 13.9. The van der Waals surface area contributed by atoms with E-state index in [4.69, 9.17) is 5.73 Å². The summed E-state index contributed by atoms with van der Waals surface area (Å²) in [7, 11) is 0. The molecule has 1 aromatic carbocycles. The topological polar surface area (TPSA) is 55.1 Å². The van der Waals surface area contributed by atoms with Crippen LogP contribution in [0.4, 0.5) is 0 Å².